The van der Waals surface area contributed by atoms with Crippen molar-refractivity contribution >= 4 is 0 Å². The fourth-order valence-electron chi connectivity index (χ4n) is 0.961. The zero-order valence-electron chi connectivity index (χ0n) is 7.06. The van der Waals surface area contributed by atoms with Crippen molar-refractivity contribution in [1.82, 2.24) is 5.32 Å². The molecule has 0 fully saturated rings. The number of nitrogens with one attached hydrogen (secondary N) is 1. The van der Waals surface area contributed by atoms with Gasteiger partial charge in [0.1, 0.15) is 0 Å². The Labute approximate surface area is 75.2 Å². The van der Waals surface area contributed by atoms with Gasteiger partial charge in [0, 0.05) is 13.1 Å². The molecule has 1 aromatic carbocycles. The van der Waals surface area contributed by atoms with Crippen LogP contribution < -0.4 is 5.32 Å². The Balaban J connectivity index is 2.53. The van der Waals surface area contributed by atoms with Crippen LogP contribution in [0.1, 0.15) is 5.56 Å². The molecule has 0 bridgehead atoms. The van der Waals surface area contributed by atoms with Crippen LogP contribution in [0.5, 0.6) is 0 Å². The minimum absolute atomic E-state index is 0.0314. The molecule has 0 saturated heterocycles. The van der Waals surface area contributed by atoms with E-state index in [1.807, 2.05) is 0 Å². The van der Waals surface area contributed by atoms with Crippen LogP contribution >= 0.6 is 0 Å². The molecule has 13 heavy (non-hydrogen) atoms. The lowest BCUT2D eigenvalue weighted by Gasteiger charge is -2.02. The molecule has 2 N–H and O–H groups in total. The summed E-state index contributed by atoms with van der Waals surface area (Å²) >= 11 is 0. The maximum absolute atomic E-state index is 12.6. The van der Waals surface area contributed by atoms with Crippen LogP contribution in [-0.4, -0.2) is 18.3 Å². The predicted octanol–water partition coefficient (Wildman–Crippen LogP) is 1.05. The van der Waals surface area contributed by atoms with Gasteiger partial charge in [0.15, 0.2) is 11.6 Å². The van der Waals surface area contributed by atoms with Crippen LogP contribution in [0.3, 0.4) is 0 Å². The Hall–Kier alpha value is -1.00. The van der Waals surface area contributed by atoms with Crippen molar-refractivity contribution in [2.75, 3.05) is 13.2 Å². The van der Waals surface area contributed by atoms with Gasteiger partial charge >= 0.3 is 0 Å². The van der Waals surface area contributed by atoms with Gasteiger partial charge in [-0.3, -0.25) is 0 Å². The van der Waals surface area contributed by atoms with Crippen molar-refractivity contribution in [3.8, 4) is 0 Å². The van der Waals surface area contributed by atoms with Crippen molar-refractivity contribution in [1.29, 1.82) is 0 Å². The first kappa shape index (κ1) is 10.1. The van der Waals surface area contributed by atoms with Crippen molar-refractivity contribution < 1.29 is 13.9 Å². The Morgan fingerprint density at radius 3 is 2.62 bits per heavy atom. The lowest BCUT2D eigenvalue weighted by Crippen LogP contribution is -2.17. The molecule has 2 nitrogen and oxygen atoms in total. The van der Waals surface area contributed by atoms with Gasteiger partial charge in [0.2, 0.25) is 0 Å². The molecule has 0 atom stereocenters. The highest BCUT2D eigenvalue weighted by atomic mass is 19.2. The molecule has 72 valence electrons. The van der Waals surface area contributed by atoms with Crippen LogP contribution in [0.25, 0.3) is 0 Å². The fourth-order valence-corrected chi connectivity index (χ4v) is 0.961. The molecule has 1 rings (SSSR count). The first-order valence-electron chi connectivity index (χ1n) is 3.99. The van der Waals surface area contributed by atoms with Crippen LogP contribution in [0.4, 0.5) is 8.78 Å². The van der Waals surface area contributed by atoms with Crippen molar-refractivity contribution in [2.24, 2.45) is 0 Å². The highest BCUT2D eigenvalue weighted by Gasteiger charge is 2.01. The molecule has 4 heteroatoms. The smallest absolute Gasteiger partial charge is 0.159 e. The zero-order chi connectivity index (χ0) is 9.68. The third-order valence-electron chi connectivity index (χ3n) is 1.60. The topological polar surface area (TPSA) is 32.3 Å². The standard InChI is InChI=1S/C9H11F2NO/c10-8-2-1-7(5-9(8)11)6-12-3-4-13/h1-2,5,12-13H,3-4,6H2. The van der Waals surface area contributed by atoms with Gasteiger partial charge in [-0.2, -0.15) is 0 Å². The number of halogens is 2. The second-order valence-corrected chi connectivity index (χ2v) is 2.65. The maximum Gasteiger partial charge on any atom is 0.159 e. The number of hydrogen-bond donors (Lipinski definition) is 2. The quantitative estimate of drug-likeness (QED) is 0.690. The molecule has 0 amide bonds. The van der Waals surface area contributed by atoms with E-state index in [2.05, 4.69) is 5.32 Å². The van der Waals surface area contributed by atoms with Gasteiger partial charge in [-0.1, -0.05) is 6.07 Å². The second kappa shape index (κ2) is 4.89. The summed E-state index contributed by atoms with van der Waals surface area (Å²) in [5, 5.41) is 11.3. The summed E-state index contributed by atoms with van der Waals surface area (Å²) in [5.41, 5.74) is 0.660. The maximum atomic E-state index is 12.6. The van der Waals surface area contributed by atoms with E-state index in [-0.39, 0.29) is 6.61 Å². The van der Waals surface area contributed by atoms with E-state index < -0.39 is 11.6 Å². The molecule has 0 aliphatic heterocycles. The summed E-state index contributed by atoms with van der Waals surface area (Å²) < 4.78 is 25.1. The van der Waals surface area contributed by atoms with Crippen molar-refractivity contribution in [2.45, 2.75) is 6.54 Å². The summed E-state index contributed by atoms with van der Waals surface area (Å²) in [6, 6.07) is 3.73. The van der Waals surface area contributed by atoms with E-state index in [1.54, 1.807) is 0 Å². The van der Waals surface area contributed by atoms with Gasteiger partial charge in [-0.05, 0) is 17.7 Å². The third-order valence-corrected chi connectivity index (χ3v) is 1.60. The highest BCUT2D eigenvalue weighted by Crippen LogP contribution is 2.07. The van der Waals surface area contributed by atoms with Gasteiger partial charge in [0.25, 0.3) is 0 Å². The van der Waals surface area contributed by atoms with Crippen LogP contribution in [0, 0.1) is 11.6 Å². The summed E-state index contributed by atoms with van der Waals surface area (Å²) in [6.07, 6.45) is 0. The summed E-state index contributed by atoms with van der Waals surface area (Å²) in [5.74, 6) is -1.69. The first-order chi connectivity index (χ1) is 6.24. The molecule has 0 heterocycles. The predicted molar refractivity (Wildman–Crippen MR) is 45.2 cm³/mol. The Morgan fingerprint density at radius 2 is 2.00 bits per heavy atom. The van der Waals surface area contributed by atoms with E-state index in [0.717, 1.165) is 12.1 Å². The SMILES string of the molecule is OCCNCc1ccc(F)c(F)c1. The molecule has 0 aromatic heterocycles. The molecule has 0 unspecified atom stereocenters. The Morgan fingerprint density at radius 1 is 1.23 bits per heavy atom. The van der Waals surface area contributed by atoms with E-state index in [0.29, 0.717) is 18.7 Å². The molecule has 0 aliphatic carbocycles. The molecule has 0 saturated carbocycles. The number of aliphatic hydroxyl groups is 1. The van der Waals surface area contributed by atoms with E-state index in [1.165, 1.54) is 6.07 Å². The van der Waals surface area contributed by atoms with Crippen molar-refractivity contribution in [3.05, 3.63) is 35.4 Å². The molecular formula is C9H11F2NO. The average molecular weight is 187 g/mol. The minimum atomic E-state index is -0.844. The van der Waals surface area contributed by atoms with Crippen LogP contribution in [0.2, 0.25) is 0 Å². The first-order valence-corrected chi connectivity index (χ1v) is 3.99. The van der Waals surface area contributed by atoms with Gasteiger partial charge in [0.05, 0.1) is 6.61 Å². The van der Waals surface area contributed by atoms with Gasteiger partial charge in [-0.15, -0.1) is 0 Å². The van der Waals surface area contributed by atoms with E-state index in [9.17, 15) is 8.78 Å². The largest absolute Gasteiger partial charge is 0.395 e. The van der Waals surface area contributed by atoms with E-state index in [4.69, 9.17) is 5.11 Å². The summed E-state index contributed by atoms with van der Waals surface area (Å²) in [4.78, 5) is 0. The van der Waals surface area contributed by atoms with E-state index >= 15 is 0 Å². The van der Waals surface area contributed by atoms with Gasteiger partial charge < -0.3 is 10.4 Å². The monoisotopic (exact) mass is 187 g/mol. The van der Waals surface area contributed by atoms with Crippen LogP contribution in [-0.2, 0) is 6.54 Å². The molecule has 0 aliphatic rings. The number of aliphatic hydroxyl groups excluding tert-OH is 1. The minimum Gasteiger partial charge on any atom is -0.395 e. The summed E-state index contributed by atoms with van der Waals surface area (Å²) in [7, 11) is 0. The molecular weight excluding hydrogens is 176 g/mol. The average Bonchev–Trinajstić information content (AvgIpc) is 2.12. The lowest BCUT2D eigenvalue weighted by atomic mass is 10.2. The Kier molecular flexibility index (Phi) is 3.79. The summed E-state index contributed by atoms with van der Waals surface area (Å²) in [6.45, 7) is 0.903. The highest BCUT2D eigenvalue weighted by molar-refractivity contribution is 5.17. The molecule has 0 radical (unpaired) electrons. The third kappa shape index (κ3) is 3.08. The Bertz CT molecular complexity index is 278. The zero-order valence-corrected chi connectivity index (χ0v) is 7.06. The fraction of sp³-hybridized carbons (Fsp3) is 0.333. The normalized spacial score (nSPS) is 10.4. The van der Waals surface area contributed by atoms with Gasteiger partial charge in [-0.25, -0.2) is 8.78 Å². The second-order valence-electron chi connectivity index (χ2n) is 2.65. The number of benzene rings is 1. The number of hydrogen-bond acceptors (Lipinski definition) is 2. The lowest BCUT2D eigenvalue weighted by molar-refractivity contribution is 0.292. The van der Waals surface area contributed by atoms with Crippen LogP contribution in [0.15, 0.2) is 18.2 Å². The molecule has 0 spiro atoms. The van der Waals surface area contributed by atoms with Crippen molar-refractivity contribution in [3.63, 3.8) is 0 Å². The number of rotatable bonds is 4. The molecule has 1 aromatic rings.